The Labute approximate surface area is 150 Å². The van der Waals surface area contributed by atoms with Gasteiger partial charge in [-0.15, -0.1) is 24.0 Å². The molecule has 0 spiro atoms. The summed E-state index contributed by atoms with van der Waals surface area (Å²) >= 11 is 0. The van der Waals surface area contributed by atoms with Crippen molar-refractivity contribution in [1.29, 1.82) is 0 Å². The van der Waals surface area contributed by atoms with E-state index in [0.717, 1.165) is 30.0 Å². The summed E-state index contributed by atoms with van der Waals surface area (Å²) < 4.78 is 11.0. The minimum atomic E-state index is 0. The van der Waals surface area contributed by atoms with Gasteiger partial charge in [0, 0.05) is 6.54 Å². The fourth-order valence-electron chi connectivity index (χ4n) is 1.68. The minimum Gasteiger partial charge on any atom is -0.493 e. The molecule has 0 unspecified atom stereocenters. The summed E-state index contributed by atoms with van der Waals surface area (Å²) in [4.78, 5) is 4.32. The molecule has 0 radical (unpaired) electrons. The Bertz CT molecular complexity index is 465. The molecular formula is C16H28IN3O2. The van der Waals surface area contributed by atoms with Gasteiger partial charge in [-0.25, -0.2) is 4.99 Å². The Kier molecular flexibility index (Phi) is 10.8. The van der Waals surface area contributed by atoms with Gasteiger partial charge in [0.2, 0.25) is 0 Å². The van der Waals surface area contributed by atoms with Crippen molar-refractivity contribution in [2.45, 2.75) is 33.7 Å². The van der Waals surface area contributed by atoms with Gasteiger partial charge in [-0.05, 0) is 30.0 Å². The van der Waals surface area contributed by atoms with Crippen molar-refractivity contribution in [1.82, 2.24) is 5.32 Å². The van der Waals surface area contributed by atoms with Crippen molar-refractivity contribution in [3.05, 3.63) is 23.8 Å². The zero-order valence-electron chi connectivity index (χ0n) is 13.9. The van der Waals surface area contributed by atoms with E-state index in [1.807, 2.05) is 18.2 Å². The van der Waals surface area contributed by atoms with Crippen LogP contribution in [-0.4, -0.2) is 26.2 Å². The van der Waals surface area contributed by atoms with E-state index in [-0.39, 0.29) is 24.0 Å². The smallest absolute Gasteiger partial charge is 0.188 e. The zero-order valence-corrected chi connectivity index (χ0v) is 16.2. The molecule has 0 aromatic heterocycles. The molecule has 0 saturated carbocycles. The number of ether oxygens (including phenoxy) is 2. The highest BCUT2D eigenvalue weighted by molar-refractivity contribution is 14.0. The molecule has 0 atom stereocenters. The van der Waals surface area contributed by atoms with Crippen LogP contribution in [0.3, 0.4) is 0 Å². The number of hydrogen-bond donors (Lipinski definition) is 2. The summed E-state index contributed by atoms with van der Waals surface area (Å²) in [5.41, 5.74) is 6.85. The van der Waals surface area contributed by atoms with Crippen LogP contribution in [0.1, 0.15) is 32.8 Å². The predicted molar refractivity (Wildman–Crippen MR) is 102 cm³/mol. The van der Waals surface area contributed by atoms with Crippen LogP contribution in [0, 0.1) is 5.92 Å². The van der Waals surface area contributed by atoms with E-state index in [1.54, 1.807) is 7.11 Å². The predicted octanol–water partition coefficient (Wildman–Crippen LogP) is 3.16. The van der Waals surface area contributed by atoms with E-state index < -0.39 is 0 Å². The molecule has 1 aromatic carbocycles. The third-order valence-corrected chi connectivity index (χ3v) is 2.81. The van der Waals surface area contributed by atoms with E-state index in [2.05, 4.69) is 31.1 Å². The largest absolute Gasteiger partial charge is 0.493 e. The molecule has 1 rings (SSSR count). The molecule has 126 valence electrons. The molecule has 0 bridgehead atoms. The molecule has 0 aliphatic heterocycles. The van der Waals surface area contributed by atoms with E-state index >= 15 is 0 Å². The first-order valence-electron chi connectivity index (χ1n) is 7.40. The second-order valence-electron chi connectivity index (χ2n) is 5.31. The minimum absolute atomic E-state index is 0. The number of methoxy groups -OCH3 is 1. The maximum absolute atomic E-state index is 5.82. The Balaban J connectivity index is 0.00000441. The van der Waals surface area contributed by atoms with Gasteiger partial charge in [-0.1, -0.05) is 26.8 Å². The summed E-state index contributed by atoms with van der Waals surface area (Å²) in [7, 11) is 1.64. The van der Waals surface area contributed by atoms with Crippen molar-refractivity contribution in [2.75, 3.05) is 20.3 Å². The molecule has 1 aromatic rings. The van der Waals surface area contributed by atoms with Gasteiger partial charge >= 0.3 is 0 Å². The molecule has 22 heavy (non-hydrogen) atoms. The van der Waals surface area contributed by atoms with Gasteiger partial charge in [0.15, 0.2) is 17.5 Å². The molecular weight excluding hydrogens is 393 g/mol. The summed E-state index contributed by atoms with van der Waals surface area (Å²) in [5, 5.41) is 3.09. The van der Waals surface area contributed by atoms with Crippen LogP contribution in [0.4, 0.5) is 0 Å². The fraction of sp³-hybridized carbons (Fsp3) is 0.562. The SMILES string of the molecule is CCCOc1ccc(CN=C(N)NCC(C)C)cc1OC.I. The number of nitrogens with zero attached hydrogens (tertiary/aromatic N) is 1. The van der Waals surface area contributed by atoms with Crippen LogP contribution in [0.25, 0.3) is 0 Å². The van der Waals surface area contributed by atoms with Gasteiger partial charge in [0.25, 0.3) is 0 Å². The highest BCUT2D eigenvalue weighted by Gasteiger charge is 2.05. The highest BCUT2D eigenvalue weighted by Crippen LogP contribution is 2.28. The first kappa shape index (κ1) is 20.8. The van der Waals surface area contributed by atoms with Crippen LogP contribution >= 0.6 is 24.0 Å². The quantitative estimate of drug-likeness (QED) is 0.385. The summed E-state index contributed by atoms with van der Waals surface area (Å²) in [6.45, 7) is 8.34. The first-order valence-corrected chi connectivity index (χ1v) is 7.40. The van der Waals surface area contributed by atoms with Crippen LogP contribution < -0.4 is 20.5 Å². The van der Waals surface area contributed by atoms with Gasteiger partial charge < -0.3 is 20.5 Å². The van der Waals surface area contributed by atoms with Gasteiger partial charge in [-0.3, -0.25) is 0 Å². The standard InChI is InChI=1S/C16H27N3O2.HI/c1-5-8-21-14-7-6-13(9-15(14)20-4)11-19-16(17)18-10-12(2)3;/h6-7,9,12H,5,8,10-11H2,1-4H3,(H3,17,18,19);1H. The van der Waals surface area contributed by atoms with Crippen molar-refractivity contribution in [2.24, 2.45) is 16.6 Å². The van der Waals surface area contributed by atoms with Crippen molar-refractivity contribution < 1.29 is 9.47 Å². The second-order valence-corrected chi connectivity index (χ2v) is 5.31. The van der Waals surface area contributed by atoms with E-state index in [9.17, 15) is 0 Å². The third kappa shape index (κ3) is 7.72. The normalized spacial score (nSPS) is 11.0. The van der Waals surface area contributed by atoms with Gasteiger partial charge in [-0.2, -0.15) is 0 Å². The topological polar surface area (TPSA) is 68.9 Å². The lowest BCUT2D eigenvalue weighted by atomic mass is 10.2. The molecule has 6 heteroatoms. The van der Waals surface area contributed by atoms with Crippen LogP contribution in [0.2, 0.25) is 0 Å². The summed E-state index contributed by atoms with van der Waals surface area (Å²) in [5.74, 6) is 2.49. The zero-order chi connectivity index (χ0) is 15.7. The molecule has 0 amide bonds. The number of benzene rings is 1. The molecule has 0 aliphatic rings. The second kappa shape index (κ2) is 11.4. The average Bonchev–Trinajstić information content (AvgIpc) is 2.49. The van der Waals surface area contributed by atoms with Crippen LogP contribution in [-0.2, 0) is 6.54 Å². The highest BCUT2D eigenvalue weighted by atomic mass is 127. The Morgan fingerprint density at radius 3 is 2.64 bits per heavy atom. The number of hydrogen-bond acceptors (Lipinski definition) is 3. The van der Waals surface area contributed by atoms with E-state index in [0.29, 0.717) is 25.0 Å². The molecule has 0 fully saturated rings. The van der Waals surface area contributed by atoms with Crippen molar-refractivity contribution >= 4 is 29.9 Å². The first-order chi connectivity index (χ1) is 10.1. The lowest BCUT2D eigenvalue weighted by Crippen LogP contribution is -2.34. The molecule has 0 aliphatic carbocycles. The van der Waals surface area contributed by atoms with E-state index in [4.69, 9.17) is 15.2 Å². The van der Waals surface area contributed by atoms with Crippen molar-refractivity contribution in [3.63, 3.8) is 0 Å². The van der Waals surface area contributed by atoms with Crippen LogP contribution in [0.15, 0.2) is 23.2 Å². The lowest BCUT2D eigenvalue weighted by Gasteiger charge is -2.11. The summed E-state index contributed by atoms with van der Waals surface area (Å²) in [6, 6.07) is 5.83. The van der Waals surface area contributed by atoms with Gasteiger partial charge in [0.1, 0.15) is 0 Å². The molecule has 5 nitrogen and oxygen atoms in total. The fourth-order valence-corrected chi connectivity index (χ4v) is 1.68. The number of rotatable bonds is 8. The maximum atomic E-state index is 5.82. The Morgan fingerprint density at radius 1 is 1.32 bits per heavy atom. The monoisotopic (exact) mass is 421 g/mol. The average molecular weight is 421 g/mol. The van der Waals surface area contributed by atoms with Crippen LogP contribution in [0.5, 0.6) is 11.5 Å². The van der Waals surface area contributed by atoms with Crippen molar-refractivity contribution in [3.8, 4) is 11.5 Å². The maximum Gasteiger partial charge on any atom is 0.188 e. The number of aliphatic imine (C=N–C) groups is 1. The van der Waals surface area contributed by atoms with Gasteiger partial charge in [0.05, 0.1) is 20.3 Å². The lowest BCUT2D eigenvalue weighted by molar-refractivity contribution is 0.294. The number of nitrogens with one attached hydrogen (secondary N) is 1. The Hall–Kier alpha value is -1.18. The third-order valence-electron chi connectivity index (χ3n) is 2.81. The summed E-state index contributed by atoms with van der Waals surface area (Å²) in [6.07, 6.45) is 0.966. The molecule has 3 N–H and O–H groups in total. The number of guanidine groups is 1. The molecule has 0 saturated heterocycles. The van der Waals surface area contributed by atoms with E-state index in [1.165, 1.54) is 0 Å². The number of nitrogens with two attached hydrogens (primary N) is 1. The Morgan fingerprint density at radius 2 is 2.05 bits per heavy atom. The number of halogens is 1. The molecule has 0 heterocycles.